The Morgan fingerprint density at radius 3 is 2.30 bits per heavy atom. The van der Waals surface area contributed by atoms with Gasteiger partial charge in [0.1, 0.15) is 0 Å². The monoisotopic (exact) mass is 464 g/mol. The van der Waals surface area contributed by atoms with Crippen LogP contribution in [-0.4, -0.2) is 14.3 Å². The summed E-state index contributed by atoms with van der Waals surface area (Å²) in [6.45, 7) is 0. The first kappa shape index (κ1) is 19.4. The highest BCUT2D eigenvalue weighted by Gasteiger charge is 2.17. The van der Waals surface area contributed by atoms with Crippen molar-refractivity contribution in [2.45, 2.75) is 4.90 Å². The Labute approximate surface area is 170 Å². The van der Waals surface area contributed by atoms with E-state index in [9.17, 15) is 13.2 Å². The van der Waals surface area contributed by atoms with Crippen molar-refractivity contribution in [3.05, 3.63) is 87.9 Å². The highest BCUT2D eigenvalue weighted by Crippen LogP contribution is 2.26. The molecule has 1 amide bonds. The van der Waals surface area contributed by atoms with Crippen LogP contribution in [0.2, 0.25) is 5.02 Å². The number of anilines is 2. The number of hydrogen-bond donors (Lipinski definition) is 2. The van der Waals surface area contributed by atoms with Crippen molar-refractivity contribution >= 4 is 54.8 Å². The van der Waals surface area contributed by atoms with Gasteiger partial charge in [0, 0.05) is 10.2 Å². The average molecular weight is 466 g/mol. The summed E-state index contributed by atoms with van der Waals surface area (Å²) in [6.07, 6.45) is 0. The molecule has 0 saturated heterocycles. The van der Waals surface area contributed by atoms with Crippen LogP contribution in [0.15, 0.2) is 82.2 Å². The van der Waals surface area contributed by atoms with Crippen molar-refractivity contribution in [2.75, 3.05) is 10.0 Å². The molecule has 0 aliphatic rings. The van der Waals surface area contributed by atoms with Crippen LogP contribution in [0.25, 0.3) is 0 Å². The molecule has 3 rings (SSSR count). The van der Waals surface area contributed by atoms with Gasteiger partial charge in [-0.1, -0.05) is 41.9 Å². The Balaban J connectivity index is 1.86. The average Bonchev–Trinajstić information content (AvgIpc) is 2.65. The Hall–Kier alpha value is -2.35. The molecule has 0 atom stereocenters. The summed E-state index contributed by atoms with van der Waals surface area (Å²) in [5, 5.41) is 2.95. The van der Waals surface area contributed by atoms with E-state index in [0.717, 1.165) is 4.47 Å². The maximum Gasteiger partial charge on any atom is 0.261 e. The van der Waals surface area contributed by atoms with Crippen LogP contribution in [0.1, 0.15) is 10.4 Å². The van der Waals surface area contributed by atoms with E-state index in [1.807, 2.05) is 6.07 Å². The van der Waals surface area contributed by atoms with E-state index in [2.05, 4.69) is 26.0 Å². The summed E-state index contributed by atoms with van der Waals surface area (Å²) in [5.41, 5.74) is 0.968. The van der Waals surface area contributed by atoms with Crippen molar-refractivity contribution in [3.63, 3.8) is 0 Å². The summed E-state index contributed by atoms with van der Waals surface area (Å²) < 4.78 is 28.1. The number of rotatable bonds is 5. The molecule has 3 aromatic rings. The quantitative estimate of drug-likeness (QED) is 0.547. The summed E-state index contributed by atoms with van der Waals surface area (Å²) >= 11 is 9.49. The molecule has 0 fully saturated rings. The summed E-state index contributed by atoms with van der Waals surface area (Å²) in [5.74, 6) is -0.451. The number of para-hydroxylation sites is 1. The van der Waals surface area contributed by atoms with E-state index in [-0.39, 0.29) is 21.2 Å². The number of benzene rings is 3. The van der Waals surface area contributed by atoms with E-state index >= 15 is 0 Å². The topological polar surface area (TPSA) is 75.3 Å². The fourth-order valence-corrected chi connectivity index (χ4v) is 3.99. The zero-order valence-corrected chi connectivity index (χ0v) is 17.0. The Kier molecular flexibility index (Phi) is 5.84. The van der Waals surface area contributed by atoms with Gasteiger partial charge in [-0.05, 0) is 58.4 Å². The SMILES string of the molecule is O=C(Nc1ccccc1Br)c1cc(NS(=O)(=O)c2ccccc2)ccc1Cl. The van der Waals surface area contributed by atoms with Crippen LogP contribution < -0.4 is 10.0 Å². The fourth-order valence-electron chi connectivity index (χ4n) is 2.33. The number of carbonyl (C=O) groups is 1. The molecule has 0 aliphatic heterocycles. The Morgan fingerprint density at radius 2 is 1.59 bits per heavy atom. The lowest BCUT2D eigenvalue weighted by Crippen LogP contribution is -2.15. The smallest absolute Gasteiger partial charge is 0.261 e. The zero-order chi connectivity index (χ0) is 19.4. The molecule has 2 N–H and O–H groups in total. The second-order valence-electron chi connectivity index (χ2n) is 5.55. The molecule has 0 radical (unpaired) electrons. The largest absolute Gasteiger partial charge is 0.321 e. The minimum atomic E-state index is -3.77. The summed E-state index contributed by atoms with van der Waals surface area (Å²) in [7, 11) is -3.77. The first-order chi connectivity index (χ1) is 12.9. The van der Waals surface area contributed by atoms with Crippen LogP contribution in [0.3, 0.4) is 0 Å². The van der Waals surface area contributed by atoms with Gasteiger partial charge >= 0.3 is 0 Å². The normalized spacial score (nSPS) is 11.0. The number of amides is 1. The molecule has 8 heteroatoms. The number of hydrogen-bond acceptors (Lipinski definition) is 3. The second kappa shape index (κ2) is 8.12. The lowest BCUT2D eigenvalue weighted by molar-refractivity contribution is 0.102. The van der Waals surface area contributed by atoms with Gasteiger partial charge in [0.15, 0.2) is 0 Å². The zero-order valence-electron chi connectivity index (χ0n) is 13.8. The predicted octanol–water partition coefficient (Wildman–Crippen LogP) is 5.16. The van der Waals surface area contributed by atoms with E-state index in [4.69, 9.17) is 11.6 Å². The molecule has 0 unspecified atom stereocenters. The summed E-state index contributed by atoms with van der Waals surface area (Å²) in [6, 6.07) is 19.5. The van der Waals surface area contributed by atoms with Crippen molar-refractivity contribution in [1.29, 1.82) is 0 Å². The van der Waals surface area contributed by atoms with E-state index in [0.29, 0.717) is 5.69 Å². The molecule has 138 valence electrons. The van der Waals surface area contributed by atoms with Crippen LogP contribution in [0.5, 0.6) is 0 Å². The van der Waals surface area contributed by atoms with Gasteiger partial charge in [-0.2, -0.15) is 0 Å². The van der Waals surface area contributed by atoms with Gasteiger partial charge in [-0.3, -0.25) is 9.52 Å². The third-order valence-corrected chi connectivity index (χ3v) is 6.06. The molecule has 3 aromatic carbocycles. The molecule has 0 aliphatic carbocycles. The highest BCUT2D eigenvalue weighted by atomic mass is 79.9. The molecule has 0 spiro atoms. The molecule has 27 heavy (non-hydrogen) atoms. The first-order valence-corrected chi connectivity index (χ1v) is 10.5. The molecular weight excluding hydrogens is 452 g/mol. The van der Waals surface area contributed by atoms with Crippen LogP contribution in [0, 0.1) is 0 Å². The predicted molar refractivity (Wildman–Crippen MR) is 111 cm³/mol. The maximum atomic E-state index is 12.6. The second-order valence-corrected chi connectivity index (χ2v) is 8.49. The van der Waals surface area contributed by atoms with E-state index in [1.54, 1.807) is 36.4 Å². The minimum absolute atomic E-state index is 0.124. The van der Waals surface area contributed by atoms with Gasteiger partial charge in [-0.15, -0.1) is 0 Å². The van der Waals surface area contributed by atoms with Crippen molar-refractivity contribution in [2.24, 2.45) is 0 Å². The maximum absolute atomic E-state index is 12.6. The molecule has 0 saturated carbocycles. The van der Waals surface area contributed by atoms with Gasteiger partial charge in [0.05, 0.1) is 21.2 Å². The van der Waals surface area contributed by atoms with Gasteiger partial charge in [-0.25, -0.2) is 8.42 Å². The summed E-state index contributed by atoms with van der Waals surface area (Å²) in [4.78, 5) is 12.7. The molecule has 0 bridgehead atoms. The lowest BCUT2D eigenvalue weighted by atomic mass is 10.2. The molecular formula is C19H14BrClN2O3S. The van der Waals surface area contributed by atoms with Gasteiger partial charge in [0.25, 0.3) is 15.9 Å². The van der Waals surface area contributed by atoms with Crippen LogP contribution in [-0.2, 0) is 10.0 Å². The van der Waals surface area contributed by atoms with Crippen LogP contribution >= 0.6 is 27.5 Å². The standard InChI is InChI=1S/C19H14BrClN2O3S/c20-16-8-4-5-9-18(16)22-19(24)15-12-13(10-11-17(15)21)23-27(25,26)14-6-2-1-3-7-14/h1-12,23H,(H,22,24). The first-order valence-electron chi connectivity index (χ1n) is 7.80. The van der Waals surface area contributed by atoms with Crippen LogP contribution in [0.4, 0.5) is 11.4 Å². The van der Waals surface area contributed by atoms with Crippen molar-refractivity contribution in [3.8, 4) is 0 Å². The molecule has 0 heterocycles. The van der Waals surface area contributed by atoms with Crippen molar-refractivity contribution < 1.29 is 13.2 Å². The highest BCUT2D eigenvalue weighted by molar-refractivity contribution is 9.10. The number of nitrogens with one attached hydrogen (secondary N) is 2. The van der Waals surface area contributed by atoms with E-state index < -0.39 is 15.9 Å². The Morgan fingerprint density at radius 1 is 0.926 bits per heavy atom. The Bertz CT molecular complexity index is 1090. The number of halogens is 2. The van der Waals surface area contributed by atoms with Gasteiger partial charge in [0.2, 0.25) is 0 Å². The third-order valence-electron chi connectivity index (χ3n) is 3.64. The van der Waals surface area contributed by atoms with E-state index in [1.165, 1.54) is 30.3 Å². The fraction of sp³-hybridized carbons (Fsp3) is 0. The van der Waals surface area contributed by atoms with Gasteiger partial charge < -0.3 is 5.32 Å². The number of sulfonamides is 1. The minimum Gasteiger partial charge on any atom is -0.321 e. The number of carbonyl (C=O) groups excluding carboxylic acids is 1. The lowest BCUT2D eigenvalue weighted by Gasteiger charge is -2.12. The molecule has 0 aromatic heterocycles. The molecule has 5 nitrogen and oxygen atoms in total. The third kappa shape index (κ3) is 4.68. The van der Waals surface area contributed by atoms with Crippen molar-refractivity contribution in [1.82, 2.24) is 0 Å².